The van der Waals surface area contributed by atoms with Crippen molar-refractivity contribution in [3.8, 4) is 11.1 Å². The quantitative estimate of drug-likeness (QED) is 0.648. The molecule has 3 N–H and O–H groups in total. The summed E-state index contributed by atoms with van der Waals surface area (Å²) < 4.78 is 1.03. The van der Waals surface area contributed by atoms with Gasteiger partial charge in [0.25, 0.3) is 0 Å². The second kappa shape index (κ2) is 3.93. The molecule has 2 aromatic carbocycles. The van der Waals surface area contributed by atoms with Crippen LogP contribution in [0.1, 0.15) is 0 Å². The molecule has 0 aliphatic rings. The average molecular weight is 287 g/mol. The molecule has 0 amide bonds. The first-order chi connectivity index (χ1) is 8.25. The normalized spacial score (nSPS) is 10.9. The van der Waals surface area contributed by atoms with E-state index in [0.717, 1.165) is 26.8 Å². The fourth-order valence-electron chi connectivity index (χ4n) is 2.06. The molecule has 0 bridgehead atoms. The molecule has 3 aromatic rings. The summed E-state index contributed by atoms with van der Waals surface area (Å²) in [7, 11) is 0. The van der Waals surface area contributed by atoms with Gasteiger partial charge in [-0.3, -0.25) is 0 Å². The van der Waals surface area contributed by atoms with Crippen LogP contribution in [0.3, 0.4) is 0 Å². The number of halogens is 1. The number of aromatic nitrogens is 1. The maximum Gasteiger partial charge on any atom is 0.0460 e. The summed E-state index contributed by atoms with van der Waals surface area (Å²) in [6, 6.07) is 14.1. The van der Waals surface area contributed by atoms with Gasteiger partial charge in [0, 0.05) is 38.4 Å². The molecule has 0 radical (unpaired) electrons. The number of hydrogen-bond acceptors (Lipinski definition) is 1. The van der Waals surface area contributed by atoms with E-state index in [9.17, 15) is 0 Å². The largest absolute Gasteiger partial charge is 0.398 e. The van der Waals surface area contributed by atoms with Crippen molar-refractivity contribution in [1.82, 2.24) is 4.98 Å². The van der Waals surface area contributed by atoms with Gasteiger partial charge in [0.2, 0.25) is 0 Å². The van der Waals surface area contributed by atoms with Crippen LogP contribution in [0, 0.1) is 0 Å². The van der Waals surface area contributed by atoms with Crippen LogP contribution in [0.25, 0.3) is 22.0 Å². The topological polar surface area (TPSA) is 41.8 Å². The number of nitrogens with one attached hydrogen (secondary N) is 1. The van der Waals surface area contributed by atoms with Crippen molar-refractivity contribution in [1.29, 1.82) is 0 Å². The molecule has 0 spiro atoms. The fourth-order valence-corrected chi connectivity index (χ4v) is 2.42. The van der Waals surface area contributed by atoms with E-state index in [2.05, 4.69) is 33.0 Å². The summed E-state index contributed by atoms with van der Waals surface area (Å²) in [5.41, 5.74) is 10.1. The van der Waals surface area contributed by atoms with Gasteiger partial charge in [0.1, 0.15) is 0 Å². The Morgan fingerprint density at radius 3 is 2.71 bits per heavy atom. The highest BCUT2D eigenvalue weighted by Crippen LogP contribution is 2.34. The van der Waals surface area contributed by atoms with E-state index in [0.29, 0.717) is 0 Å². The van der Waals surface area contributed by atoms with Crippen LogP contribution in [-0.4, -0.2) is 4.98 Å². The van der Waals surface area contributed by atoms with Crippen molar-refractivity contribution in [3.05, 3.63) is 53.1 Å². The number of aromatic amines is 1. The standard InChI is InChI=1S/C14H11BrN2/c15-9-5-6-13(16)11(7-9)12-8-17-14-4-2-1-3-10(12)14/h1-8,17H,16H2. The molecule has 0 saturated heterocycles. The molecule has 0 unspecified atom stereocenters. The third-order valence-electron chi connectivity index (χ3n) is 2.89. The zero-order chi connectivity index (χ0) is 11.8. The van der Waals surface area contributed by atoms with Crippen molar-refractivity contribution < 1.29 is 0 Å². The van der Waals surface area contributed by atoms with Crippen molar-refractivity contribution in [2.24, 2.45) is 0 Å². The maximum atomic E-state index is 6.04. The molecule has 3 heteroatoms. The Labute approximate surface area is 108 Å². The lowest BCUT2D eigenvalue weighted by Gasteiger charge is -2.05. The number of nitrogens with two attached hydrogens (primary N) is 1. The predicted molar refractivity (Wildman–Crippen MR) is 75.8 cm³/mol. The van der Waals surface area contributed by atoms with Crippen LogP contribution in [0.2, 0.25) is 0 Å². The minimum Gasteiger partial charge on any atom is -0.398 e. The number of rotatable bonds is 1. The second-order valence-electron chi connectivity index (χ2n) is 3.98. The zero-order valence-electron chi connectivity index (χ0n) is 9.07. The van der Waals surface area contributed by atoms with Crippen LogP contribution >= 0.6 is 15.9 Å². The van der Waals surface area contributed by atoms with Crippen LogP contribution in [0.15, 0.2) is 53.1 Å². The first kappa shape index (κ1) is 10.4. The van der Waals surface area contributed by atoms with Crippen molar-refractivity contribution >= 4 is 32.5 Å². The van der Waals surface area contributed by atoms with E-state index in [4.69, 9.17) is 5.73 Å². The fraction of sp³-hybridized carbons (Fsp3) is 0. The lowest BCUT2D eigenvalue weighted by atomic mass is 10.0. The number of benzene rings is 2. The molecule has 84 valence electrons. The number of H-pyrrole nitrogens is 1. The van der Waals surface area contributed by atoms with E-state index >= 15 is 0 Å². The Balaban J connectivity index is 2.31. The molecule has 0 aliphatic heterocycles. The van der Waals surface area contributed by atoms with E-state index < -0.39 is 0 Å². The summed E-state index contributed by atoms with van der Waals surface area (Å²) in [6.07, 6.45) is 2.00. The van der Waals surface area contributed by atoms with Gasteiger partial charge in [-0.25, -0.2) is 0 Å². The molecule has 1 aromatic heterocycles. The van der Waals surface area contributed by atoms with Crippen LogP contribution in [0.5, 0.6) is 0 Å². The van der Waals surface area contributed by atoms with Crippen LogP contribution in [-0.2, 0) is 0 Å². The van der Waals surface area contributed by atoms with Gasteiger partial charge in [0.15, 0.2) is 0 Å². The monoisotopic (exact) mass is 286 g/mol. The third kappa shape index (κ3) is 1.72. The van der Waals surface area contributed by atoms with Gasteiger partial charge in [0.05, 0.1) is 0 Å². The smallest absolute Gasteiger partial charge is 0.0460 e. The minimum atomic E-state index is 0.790. The van der Waals surface area contributed by atoms with E-state index in [1.54, 1.807) is 0 Å². The van der Waals surface area contributed by atoms with E-state index in [-0.39, 0.29) is 0 Å². The zero-order valence-corrected chi connectivity index (χ0v) is 10.7. The summed E-state index contributed by atoms with van der Waals surface area (Å²) in [6.45, 7) is 0. The first-order valence-electron chi connectivity index (χ1n) is 5.37. The minimum absolute atomic E-state index is 0.790. The molecular formula is C14H11BrN2. The Morgan fingerprint density at radius 2 is 1.82 bits per heavy atom. The molecule has 2 nitrogen and oxygen atoms in total. The van der Waals surface area contributed by atoms with Gasteiger partial charge < -0.3 is 10.7 Å². The van der Waals surface area contributed by atoms with Crippen molar-refractivity contribution in [2.75, 3.05) is 5.73 Å². The highest BCUT2D eigenvalue weighted by atomic mass is 79.9. The molecular weight excluding hydrogens is 276 g/mol. The van der Waals surface area contributed by atoms with Crippen molar-refractivity contribution in [3.63, 3.8) is 0 Å². The van der Waals surface area contributed by atoms with Gasteiger partial charge in [-0.2, -0.15) is 0 Å². The van der Waals surface area contributed by atoms with E-state index in [1.165, 1.54) is 5.39 Å². The third-order valence-corrected chi connectivity index (χ3v) is 3.39. The average Bonchev–Trinajstić information content (AvgIpc) is 2.76. The summed E-state index contributed by atoms with van der Waals surface area (Å²) in [4.78, 5) is 3.26. The summed E-state index contributed by atoms with van der Waals surface area (Å²) >= 11 is 3.48. The summed E-state index contributed by atoms with van der Waals surface area (Å²) in [5, 5.41) is 1.19. The van der Waals surface area contributed by atoms with Gasteiger partial charge in [-0.1, -0.05) is 34.1 Å². The molecule has 0 saturated carbocycles. The SMILES string of the molecule is Nc1ccc(Br)cc1-c1c[nH]c2ccccc12. The van der Waals surface area contributed by atoms with Crippen LogP contribution in [0.4, 0.5) is 5.69 Å². The Hall–Kier alpha value is -1.74. The van der Waals surface area contributed by atoms with Gasteiger partial charge in [-0.15, -0.1) is 0 Å². The molecule has 17 heavy (non-hydrogen) atoms. The Bertz CT molecular complexity index is 686. The number of para-hydroxylation sites is 1. The number of nitrogen functional groups attached to an aromatic ring is 1. The summed E-state index contributed by atoms with van der Waals surface area (Å²) in [5.74, 6) is 0. The Morgan fingerprint density at radius 1 is 1.00 bits per heavy atom. The lowest BCUT2D eigenvalue weighted by Crippen LogP contribution is -1.88. The molecule has 0 fully saturated rings. The molecule has 1 heterocycles. The maximum absolute atomic E-state index is 6.04. The van der Waals surface area contributed by atoms with Crippen molar-refractivity contribution in [2.45, 2.75) is 0 Å². The Kier molecular flexibility index (Phi) is 2.41. The highest BCUT2D eigenvalue weighted by molar-refractivity contribution is 9.10. The molecule has 0 aliphatic carbocycles. The van der Waals surface area contributed by atoms with Gasteiger partial charge >= 0.3 is 0 Å². The number of hydrogen-bond donors (Lipinski definition) is 2. The van der Waals surface area contributed by atoms with Crippen LogP contribution < -0.4 is 5.73 Å². The number of fused-ring (bicyclic) bond motifs is 1. The van der Waals surface area contributed by atoms with Gasteiger partial charge in [-0.05, 0) is 24.3 Å². The highest BCUT2D eigenvalue weighted by Gasteiger charge is 2.08. The predicted octanol–water partition coefficient (Wildman–Crippen LogP) is 4.18. The lowest BCUT2D eigenvalue weighted by molar-refractivity contribution is 1.47. The number of anilines is 1. The molecule has 0 atom stereocenters. The molecule has 3 rings (SSSR count). The van der Waals surface area contributed by atoms with E-state index in [1.807, 2.05) is 36.5 Å². The first-order valence-corrected chi connectivity index (χ1v) is 6.16. The second-order valence-corrected chi connectivity index (χ2v) is 4.90.